The van der Waals surface area contributed by atoms with Crippen LogP contribution in [0.2, 0.25) is 0 Å². The van der Waals surface area contributed by atoms with Crippen molar-refractivity contribution in [2.24, 2.45) is 0 Å². The second-order valence-electron chi connectivity index (χ2n) is 4.70. The first-order chi connectivity index (χ1) is 9.79. The SMILES string of the molecule is CNC(Cc1cncs1)c1ccc(F)c2ccccc12. The fourth-order valence-corrected chi connectivity index (χ4v) is 3.14. The zero-order chi connectivity index (χ0) is 13.9. The Kier molecular flexibility index (Phi) is 3.76. The van der Waals surface area contributed by atoms with Crippen molar-refractivity contribution in [3.63, 3.8) is 0 Å². The van der Waals surface area contributed by atoms with Crippen LogP contribution in [0.3, 0.4) is 0 Å². The number of likely N-dealkylation sites (N-methyl/N-ethyl adjacent to an activating group) is 1. The van der Waals surface area contributed by atoms with E-state index in [0.717, 1.165) is 17.4 Å². The van der Waals surface area contributed by atoms with Crippen molar-refractivity contribution in [3.8, 4) is 0 Å². The summed E-state index contributed by atoms with van der Waals surface area (Å²) in [6.45, 7) is 0. The third-order valence-electron chi connectivity index (χ3n) is 3.52. The highest BCUT2D eigenvalue weighted by Gasteiger charge is 2.15. The first-order valence-corrected chi connectivity index (χ1v) is 7.39. The molecule has 0 saturated carbocycles. The lowest BCUT2D eigenvalue weighted by molar-refractivity contribution is 0.596. The molecule has 1 N–H and O–H groups in total. The molecule has 20 heavy (non-hydrogen) atoms. The minimum Gasteiger partial charge on any atom is -0.313 e. The number of benzene rings is 2. The maximum absolute atomic E-state index is 13.9. The lowest BCUT2D eigenvalue weighted by atomic mass is 9.96. The summed E-state index contributed by atoms with van der Waals surface area (Å²) in [5.74, 6) is -0.169. The number of aromatic nitrogens is 1. The smallest absolute Gasteiger partial charge is 0.131 e. The monoisotopic (exact) mass is 286 g/mol. The fraction of sp³-hybridized carbons (Fsp3) is 0.188. The zero-order valence-corrected chi connectivity index (χ0v) is 12.0. The Morgan fingerprint density at radius 3 is 2.70 bits per heavy atom. The molecule has 4 heteroatoms. The summed E-state index contributed by atoms with van der Waals surface area (Å²) < 4.78 is 13.9. The van der Waals surface area contributed by atoms with Crippen LogP contribution in [0.25, 0.3) is 10.8 Å². The van der Waals surface area contributed by atoms with Crippen LogP contribution in [0.4, 0.5) is 4.39 Å². The minimum absolute atomic E-state index is 0.154. The van der Waals surface area contributed by atoms with Crippen molar-refractivity contribution >= 4 is 22.1 Å². The number of hydrogen-bond acceptors (Lipinski definition) is 3. The normalized spacial score (nSPS) is 12.7. The molecular weight excluding hydrogens is 271 g/mol. The number of hydrogen-bond donors (Lipinski definition) is 1. The molecule has 3 aromatic rings. The van der Waals surface area contributed by atoms with Gasteiger partial charge in [-0.3, -0.25) is 4.98 Å². The van der Waals surface area contributed by atoms with Crippen molar-refractivity contribution in [2.75, 3.05) is 7.05 Å². The quantitative estimate of drug-likeness (QED) is 0.786. The van der Waals surface area contributed by atoms with E-state index in [1.54, 1.807) is 17.4 Å². The third-order valence-corrected chi connectivity index (χ3v) is 4.32. The molecule has 2 nitrogen and oxygen atoms in total. The summed E-state index contributed by atoms with van der Waals surface area (Å²) in [4.78, 5) is 5.33. The average molecular weight is 286 g/mol. The topological polar surface area (TPSA) is 24.9 Å². The second-order valence-corrected chi connectivity index (χ2v) is 5.67. The van der Waals surface area contributed by atoms with Gasteiger partial charge >= 0.3 is 0 Å². The highest BCUT2D eigenvalue weighted by molar-refractivity contribution is 7.09. The number of thiazole rings is 1. The maximum Gasteiger partial charge on any atom is 0.131 e. The predicted molar refractivity (Wildman–Crippen MR) is 81.5 cm³/mol. The molecule has 0 amide bonds. The molecule has 0 spiro atoms. The molecule has 1 unspecified atom stereocenters. The van der Waals surface area contributed by atoms with Crippen molar-refractivity contribution in [1.82, 2.24) is 10.3 Å². The van der Waals surface area contributed by atoms with Gasteiger partial charge in [-0.15, -0.1) is 11.3 Å². The Balaban J connectivity index is 2.05. The van der Waals surface area contributed by atoms with E-state index in [2.05, 4.69) is 10.3 Å². The molecule has 0 aliphatic carbocycles. The van der Waals surface area contributed by atoms with Gasteiger partial charge in [-0.1, -0.05) is 30.3 Å². The molecular formula is C16H15FN2S. The molecule has 1 aromatic heterocycles. The molecule has 0 radical (unpaired) electrons. The van der Waals surface area contributed by atoms with Crippen LogP contribution in [0, 0.1) is 5.82 Å². The van der Waals surface area contributed by atoms with Gasteiger partial charge in [-0.25, -0.2) is 4.39 Å². The number of halogens is 1. The van der Waals surface area contributed by atoms with Crippen molar-refractivity contribution in [1.29, 1.82) is 0 Å². The Hall–Kier alpha value is -1.78. The van der Waals surface area contributed by atoms with Crippen molar-refractivity contribution in [2.45, 2.75) is 12.5 Å². The summed E-state index contributed by atoms with van der Waals surface area (Å²) in [5, 5.41) is 4.97. The molecule has 1 atom stereocenters. The summed E-state index contributed by atoms with van der Waals surface area (Å²) in [6.07, 6.45) is 2.75. The van der Waals surface area contributed by atoms with Crippen LogP contribution in [-0.4, -0.2) is 12.0 Å². The molecule has 0 aliphatic heterocycles. The van der Waals surface area contributed by atoms with E-state index in [-0.39, 0.29) is 11.9 Å². The lowest BCUT2D eigenvalue weighted by Gasteiger charge is -2.18. The Morgan fingerprint density at radius 1 is 1.20 bits per heavy atom. The number of fused-ring (bicyclic) bond motifs is 1. The largest absolute Gasteiger partial charge is 0.313 e. The molecule has 102 valence electrons. The van der Waals surface area contributed by atoms with Crippen LogP contribution < -0.4 is 5.32 Å². The van der Waals surface area contributed by atoms with Gasteiger partial charge < -0.3 is 5.32 Å². The molecule has 2 aromatic carbocycles. The maximum atomic E-state index is 13.9. The van der Waals surface area contributed by atoms with Crippen LogP contribution in [0.15, 0.2) is 48.1 Å². The van der Waals surface area contributed by atoms with E-state index < -0.39 is 0 Å². The van der Waals surface area contributed by atoms with Crippen LogP contribution >= 0.6 is 11.3 Å². The second kappa shape index (κ2) is 5.69. The fourth-order valence-electron chi connectivity index (χ4n) is 2.50. The molecule has 1 heterocycles. The van der Waals surface area contributed by atoms with E-state index in [1.165, 1.54) is 4.88 Å². The van der Waals surface area contributed by atoms with Crippen molar-refractivity contribution in [3.05, 3.63) is 64.4 Å². The Bertz CT molecular complexity index is 710. The minimum atomic E-state index is -0.169. The number of nitrogens with zero attached hydrogens (tertiary/aromatic N) is 1. The standard InChI is InChI=1S/C16H15FN2S/c1-18-16(8-11-9-19-10-20-11)14-6-7-15(17)13-5-3-2-4-12(13)14/h2-7,9-10,16,18H,8H2,1H3. The molecule has 0 fully saturated rings. The number of rotatable bonds is 4. The van der Waals surface area contributed by atoms with Gasteiger partial charge in [0.15, 0.2) is 0 Å². The molecule has 3 rings (SSSR count). The zero-order valence-electron chi connectivity index (χ0n) is 11.1. The Morgan fingerprint density at radius 2 is 2.00 bits per heavy atom. The molecule has 0 aliphatic rings. The van der Waals surface area contributed by atoms with E-state index in [4.69, 9.17) is 0 Å². The summed E-state index contributed by atoms with van der Waals surface area (Å²) >= 11 is 1.64. The highest BCUT2D eigenvalue weighted by atomic mass is 32.1. The van der Waals surface area contributed by atoms with Gasteiger partial charge in [-0.05, 0) is 24.1 Å². The van der Waals surface area contributed by atoms with Gasteiger partial charge in [-0.2, -0.15) is 0 Å². The van der Waals surface area contributed by atoms with E-state index >= 15 is 0 Å². The van der Waals surface area contributed by atoms with Gasteiger partial charge in [0.25, 0.3) is 0 Å². The van der Waals surface area contributed by atoms with E-state index in [1.807, 2.05) is 49.1 Å². The first kappa shape index (κ1) is 13.2. The third kappa shape index (κ3) is 2.44. The lowest BCUT2D eigenvalue weighted by Crippen LogP contribution is -2.18. The molecule has 0 saturated heterocycles. The number of nitrogens with one attached hydrogen (secondary N) is 1. The highest BCUT2D eigenvalue weighted by Crippen LogP contribution is 2.29. The van der Waals surface area contributed by atoms with E-state index in [9.17, 15) is 4.39 Å². The summed E-state index contributed by atoms with van der Waals surface area (Å²) in [7, 11) is 1.93. The Labute approximate surface area is 121 Å². The van der Waals surface area contributed by atoms with Crippen molar-refractivity contribution < 1.29 is 4.39 Å². The van der Waals surface area contributed by atoms with Gasteiger partial charge in [0.05, 0.1) is 5.51 Å². The average Bonchev–Trinajstić information content (AvgIpc) is 2.99. The first-order valence-electron chi connectivity index (χ1n) is 6.51. The van der Waals surface area contributed by atoms with Gasteiger partial charge in [0.1, 0.15) is 5.82 Å². The predicted octanol–water partition coefficient (Wildman–Crippen LogP) is 3.94. The van der Waals surface area contributed by atoms with E-state index in [0.29, 0.717) is 5.39 Å². The summed E-state index contributed by atoms with van der Waals surface area (Å²) in [5.41, 5.74) is 2.96. The summed E-state index contributed by atoms with van der Waals surface area (Å²) in [6, 6.07) is 11.2. The molecule has 0 bridgehead atoms. The van der Waals surface area contributed by atoms with Gasteiger partial charge in [0, 0.05) is 28.9 Å². The van der Waals surface area contributed by atoms with Crippen LogP contribution in [0.1, 0.15) is 16.5 Å². The van der Waals surface area contributed by atoms with Gasteiger partial charge in [0.2, 0.25) is 0 Å². The van der Waals surface area contributed by atoms with Crippen LogP contribution in [-0.2, 0) is 6.42 Å². The van der Waals surface area contributed by atoms with Crippen LogP contribution in [0.5, 0.6) is 0 Å².